The second-order valence-corrected chi connectivity index (χ2v) is 10.5. The Morgan fingerprint density at radius 2 is 1.87 bits per heavy atom. The zero-order valence-electron chi connectivity index (χ0n) is 8.90. The van der Waals surface area contributed by atoms with E-state index < -0.39 is 8.07 Å². The van der Waals surface area contributed by atoms with Crippen LogP contribution in [0.25, 0.3) is 11.0 Å². The highest BCUT2D eigenvalue weighted by Crippen LogP contribution is 2.26. The summed E-state index contributed by atoms with van der Waals surface area (Å²) in [5.41, 5.74) is 0.744. The maximum atomic E-state index is 13.1. The summed E-state index contributed by atoms with van der Waals surface area (Å²) in [5.74, 6) is -0.239. The fourth-order valence-corrected chi connectivity index (χ4v) is 2.97. The van der Waals surface area contributed by atoms with Crippen LogP contribution in [0.2, 0.25) is 19.6 Å². The minimum Gasteiger partial charge on any atom is -0.465 e. The maximum absolute atomic E-state index is 13.1. The first-order valence-corrected chi connectivity index (χ1v) is 9.06. The van der Waals surface area contributed by atoms with Crippen LogP contribution in [0.4, 0.5) is 4.39 Å². The molecule has 0 aliphatic heterocycles. The zero-order valence-corrected chi connectivity index (χ0v) is 11.5. The maximum Gasteiger partial charge on any atom is 0.147 e. The summed E-state index contributed by atoms with van der Waals surface area (Å²) < 4.78 is 19.6. The van der Waals surface area contributed by atoms with Crippen LogP contribution in [0.1, 0.15) is 0 Å². The summed E-state index contributed by atoms with van der Waals surface area (Å²) in [5, 5.41) is 1.84. The molecule has 0 atom stereocenters. The lowest BCUT2D eigenvalue weighted by Gasteiger charge is -2.10. The van der Waals surface area contributed by atoms with E-state index in [1.54, 1.807) is 0 Å². The molecule has 0 unspecified atom stereocenters. The molecule has 1 aromatic heterocycles. The van der Waals surface area contributed by atoms with E-state index in [9.17, 15) is 4.39 Å². The van der Waals surface area contributed by atoms with Crippen molar-refractivity contribution in [1.82, 2.24) is 0 Å². The van der Waals surface area contributed by atoms with Crippen LogP contribution in [0.15, 0.2) is 27.1 Å². The molecule has 0 fully saturated rings. The lowest BCUT2D eigenvalue weighted by Crippen LogP contribution is -2.36. The second-order valence-electron chi connectivity index (χ2n) is 4.67. The van der Waals surface area contributed by atoms with E-state index in [-0.39, 0.29) is 5.82 Å². The zero-order chi connectivity index (χ0) is 11.2. The number of benzene rings is 1. The van der Waals surface area contributed by atoms with Crippen molar-refractivity contribution in [2.75, 3.05) is 0 Å². The highest BCUT2D eigenvalue weighted by Gasteiger charge is 2.22. The summed E-state index contributed by atoms with van der Waals surface area (Å²) in [6.07, 6.45) is 0. The van der Waals surface area contributed by atoms with E-state index >= 15 is 0 Å². The molecule has 0 radical (unpaired) electrons. The van der Waals surface area contributed by atoms with Crippen molar-refractivity contribution in [2.24, 2.45) is 0 Å². The largest absolute Gasteiger partial charge is 0.465 e. The number of halogens is 2. The van der Waals surface area contributed by atoms with Gasteiger partial charge in [0.1, 0.15) is 19.5 Å². The van der Waals surface area contributed by atoms with Gasteiger partial charge >= 0.3 is 0 Å². The SMILES string of the molecule is C[Si](C)(C)c1cc2cc(F)cc(Br)c2o1. The topological polar surface area (TPSA) is 13.1 Å². The molecule has 1 aromatic carbocycles. The minimum absolute atomic E-state index is 0.239. The van der Waals surface area contributed by atoms with Crippen molar-refractivity contribution in [3.05, 3.63) is 28.5 Å². The monoisotopic (exact) mass is 286 g/mol. The standard InChI is InChI=1S/C11H12BrFOSi/c1-15(2,3)10-5-7-4-8(13)6-9(12)11(7)14-10/h4-6H,1-3H3. The molecule has 2 aromatic rings. The second kappa shape index (κ2) is 3.45. The lowest BCUT2D eigenvalue weighted by atomic mass is 10.2. The molecule has 80 valence electrons. The molecule has 0 saturated carbocycles. The third kappa shape index (κ3) is 2.01. The Bertz CT molecular complexity index is 513. The Morgan fingerprint density at radius 1 is 1.20 bits per heavy atom. The molecule has 0 bridgehead atoms. The molecule has 0 N–H and O–H groups in total. The number of furan rings is 1. The van der Waals surface area contributed by atoms with E-state index in [0.717, 1.165) is 16.4 Å². The first-order valence-electron chi connectivity index (χ1n) is 4.77. The summed E-state index contributed by atoms with van der Waals surface area (Å²) in [7, 11) is -1.47. The Morgan fingerprint density at radius 3 is 2.47 bits per heavy atom. The van der Waals surface area contributed by atoms with Crippen molar-refractivity contribution >= 4 is 40.4 Å². The quantitative estimate of drug-likeness (QED) is 0.725. The summed E-state index contributed by atoms with van der Waals surface area (Å²) in [6, 6.07) is 4.89. The normalized spacial score (nSPS) is 12.3. The van der Waals surface area contributed by atoms with Gasteiger partial charge in [0.05, 0.1) is 9.86 Å². The number of rotatable bonds is 1. The lowest BCUT2D eigenvalue weighted by molar-refractivity contribution is 0.622. The number of hydrogen-bond acceptors (Lipinski definition) is 1. The van der Waals surface area contributed by atoms with Crippen molar-refractivity contribution in [1.29, 1.82) is 0 Å². The van der Waals surface area contributed by atoms with Crippen LogP contribution in [0, 0.1) is 5.82 Å². The smallest absolute Gasteiger partial charge is 0.147 e. The first kappa shape index (κ1) is 10.9. The van der Waals surface area contributed by atoms with Crippen molar-refractivity contribution in [3.63, 3.8) is 0 Å². The Hall–Kier alpha value is -0.613. The average Bonchev–Trinajstić information content (AvgIpc) is 2.46. The molecule has 15 heavy (non-hydrogen) atoms. The fourth-order valence-electron chi connectivity index (χ4n) is 1.45. The van der Waals surface area contributed by atoms with Gasteiger partial charge in [-0.15, -0.1) is 0 Å². The molecule has 0 saturated heterocycles. The van der Waals surface area contributed by atoms with Gasteiger partial charge in [-0.2, -0.15) is 0 Å². The van der Waals surface area contributed by atoms with Crippen molar-refractivity contribution < 1.29 is 8.81 Å². The Kier molecular flexibility index (Phi) is 2.51. The number of fused-ring (bicyclic) bond motifs is 1. The molecule has 1 heterocycles. The number of hydrogen-bond donors (Lipinski definition) is 0. The van der Waals surface area contributed by atoms with Crippen molar-refractivity contribution in [2.45, 2.75) is 19.6 Å². The van der Waals surface area contributed by atoms with E-state index in [1.807, 2.05) is 6.07 Å². The van der Waals surface area contributed by atoms with E-state index in [0.29, 0.717) is 4.47 Å². The Labute approximate surface area is 97.4 Å². The van der Waals surface area contributed by atoms with Gasteiger partial charge in [0.2, 0.25) is 0 Å². The summed E-state index contributed by atoms with van der Waals surface area (Å²) in [4.78, 5) is 0. The van der Waals surface area contributed by atoms with Crippen LogP contribution >= 0.6 is 15.9 Å². The first-order chi connectivity index (χ1) is 6.88. The van der Waals surface area contributed by atoms with Crippen LogP contribution in [-0.4, -0.2) is 8.07 Å². The molecule has 4 heteroatoms. The third-order valence-corrected chi connectivity index (χ3v) is 4.59. The third-order valence-electron chi connectivity index (χ3n) is 2.27. The van der Waals surface area contributed by atoms with Gasteiger partial charge < -0.3 is 4.42 Å². The van der Waals surface area contributed by atoms with Gasteiger partial charge in [0.15, 0.2) is 0 Å². The van der Waals surface area contributed by atoms with Crippen molar-refractivity contribution in [3.8, 4) is 0 Å². The van der Waals surface area contributed by atoms with Gasteiger partial charge in [0, 0.05) is 5.39 Å². The summed E-state index contributed by atoms with van der Waals surface area (Å²) in [6.45, 7) is 6.61. The molecule has 2 rings (SSSR count). The Balaban J connectivity index is 2.71. The highest BCUT2D eigenvalue weighted by molar-refractivity contribution is 9.10. The average molecular weight is 287 g/mol. The van der Waals surface area contributed by atoms with Gasteiger partial charge in [-0.25, -0.2) is 4.39 Å². The van der Waals surface area contributed by atoms with Crippen LogP contribution in [0.3, 0.4) is 0 Å². The van der Waals surface area contributed by atoms with Crippen LogP contribution in [-0.2, 0) is 0 Å². The highest BCUT2D eigenvalue weighted by atomic mass is 79.9. The van der Waals surface area contributed by atoms with Gasteiger partial charge in [-0.3, -0.25) is 0 Å². The predicted octanol–water partition coefficient (Wildman–Crippen LogP) is 3.88. The van der Waals surface area contributed by atoms with Gasteiger partial charge in [-0.05, 0) is 34.1 Å². The molecule has 0 aliphatic rings. The minimum atomic E-state index is -1.47. The van der Waals surface area contributed by atoms with Gasteiger partial charge in [0.25, 0.3) is 0 Å². The van der Waals surface area contributed by atoms with Crippen LogP contribution in [0.5, 0.6) is 0 Å². The van der Waals surface area contributed by atoms with E-state index in [2.05, 4.69) is 35.6 Å². The molecular weight excluding hydrogens is 275 g/mol. The van der Waals surface area contributed by atoms with Crippen LogP contribution < -0.4 is 5.38 Å². The molecule has 0 aliphatic carbocycles. The van der Waals surface area contributed by atoms with E-state index in [1.165, 1.54) is 12.1 Å². The fraction of sp³-hybridized carbons (Fsp3) is 0.273. The molecular formula is C11H12BrFOSi. The molecule has 0 spiro atoms. The summed E-state index contributed by atoms with van der Waals surface area (Å²) >= 11 is 3.31. The van der Waals surface area contributed by atoms with E-state index in [4.69, 9.17) is 4.42 Å². The van der Waals surface area contributed by atoms with Gasteiger partial charge in [-0.1, -0.05) is 19.6 Å². The predicted molar refractivity (Wildman–Crippen MR) is 66.9 cm³/mol. The molecule has 0 amide bonds. The molecule has 1 nitrogen and oxygen atoms in total.